The smallest absolute Gasteiger partial charge is 0.327 e. The number of aromatic nitrogens is 1. The van der Waals surface area contributed by atoms with Crippen LogP contribution in [0.2, 0.25) is 0 Å². The molecule has 6 nitrogen and oxygen atoms in total. The molecule has 0 atom stereocenters. The SMILES string of the molecule is CCN(CC)c1ccc(Cc2cnc3c(c2)OCCN3C(=O)Nc2ccccc2)cc1. The highest BCUT2D eigenvalue weighted by Gasteiger charge is 2.25. The van der Waals surface area contributed by atoms with Gasteiger partial charge in [-0.15, -0.1) is 0 Å². The van der Waals surface area contributed by atoms with Crippen LogP contribution < -0.4 is 19.9 Å². The molecule has 31 heavy (non-hydrogen) atoms. The van der Waals surface area contributed by atoms with Crippen molar-refractivity contribution in [3.8, 4) is 5.75 Å². The van der Waals surface area contributed by atoms with Crippen LogP contribution in [0.1, 0.15) is 25.0 Å². The number of rotatable bonds is 6. The molecule has 6 heteroatoms. The zero-order chi connectivity index (χ0) is 21.6. The molecule has 1 aliphatic rings. The van der Waals surface area contributed by atoms with Crippen molar-refractivity contribution in [1.29, 1.82) is 0 Å². The molecule has 1 N–H and O–H groups in total. The molecule has 3 aromatic rings. The summed E-state index contributed by atoms with van der Waals surface area (Å²) < 4.78 is 5.82. The Kier molecular flexibility index (Phi) is 6.36. The first kappa shape index (κ1) is 20.7. The number of anilines is 3. The molecule has 0 saturated carbocycles. The Morgan fingerprint density at radius 1 is 1.06 bits per heavy atom. The van der Waals surface area contributed by atoms with Crippen LogP contribution in [0, 0.1) is 0 Å². The summed E-state index contributed by atoms with van der Waals surface area (Å²) in [7, 11) is 0. The second-order valence-electron chi connectivity index (χ2n) is 7.48. The lowest BCUT2D eigenvalue weighted by Crippen LogP contribution is -2.41. The number of hydrogen-bond donors (Lipinski definition) is 1. The molecule has 2 amide bonds. The van der Waals surface area contributed by atoms with Gasteiger partial charge in [0.05, 0.1) is 6.54 Å². The van der Waals surface area contributed by atoms with Gasteiger partial charge in [-0.05, 0) is 61.7 Å². The molecule has 0 radical (unpaired) electrons. The number of benzene rings is 2. The second-order valence-corrected chi connectivity index (χ2v) is 7.48. The van der Waals surface area contributed by atoms with Gasteiger partial charge in [0.2, 0.25) is 0 Å². The quantitative estimate of drug-likeness (QED) is 0.618. The van der Waals surface area contributed by atoms with Crippen molar-refractivity contribution in [2.45, 2.75) is 20.3 Å². The molecular weight excluding hydrogens is 388 g/mol. The fourth-order valence-corrected chi connectivity index (χ4v) is 3.80. The van der Waals surface area contributed by atoms with Gasteiger partial charge in [0.15, 0.2) is 11.6 Å². The third kappa shape index (κ3) is 4.79. The van der Waals surface area contributed by atoms with Crippen LogP contribution in [0.3, 0.4) is 0 Å². The molecule has 0 saturated heterocycles. The topological polar surface area (TPSA) is 57.7 Å². The Morgan fingerprint density at radius 3 is 2.52 bits per heavy atom. The maximum absolute atomic E-state index is 12.8. The van der Waals surface area contributed by atoms with Gasteiger partial charge in [-0.2, -0.15) is 0 Å². The number of ether oxygens (including phenoxy) is 1. The molecule has 0 aliphatic carbocycles. The molecule has 0 fully saturated rings. The van der Waals surface area contributed by atoms with Crippen molar-refractivity contribution in [3.63, 3.8) is 0 Å². The predicted octanol–water partition coefficient (Wildman–Crippen LogP) is 4.95. The van der Waals surface area contributed by atoms with Gasteiger partial charge >= 0.3 is 6.03 Å². The van der Waals surface area contributed by atoms with Gasteiger partial charge in [0, 0.05) is 30.7 Å². The van der Waals surface area contributed by atoms with E-state index in [0.29, 0.717) is 24.7 Å². The Balaban J connectivity index is 1.47. The van der Waals surface area contributed by atoms with Crippen LogP contribution in [0.25, 0.3) is 0 Å². The number of pyridine rings is 1. The highest BCUT2D eigenvalue weighted by molar-refractivity contribution is 6.02. The number of carbonyl (C=O) groups is 1. The molecule has 160 valence electrons. The standard InChI is InChI=1S/C25H28N4O2/c1-3-28(4-2)22-12-10-19(11-13-22)16-20-17-23-24(26-18-20)29(14-15-31-23)25(30)27-21-8-6-5-7-9-21/h5-13,17-18H,3-4,14-16H2,1-2H3,(H,27,30). The Hall–Kier alpha value is -3.54. The van der Waals surface area contributed by atoms with Crippen LogP contribution in [0.5, 0.6) is 5.75 Å². The van der Waals surface area contributed by atoms with E-state index >= 15 is 0 Å². The minimum atomic E-state index is -0.206. The lowest BCUT2D eigenvalue weighted by molar-refractivity contribution is 0.249. The molecule has 2 aromatic carbocycles. The number of carbonyl (C=O) groups excluding carboxylic acids is 1. The number of nitrogens with zero attached hydrogens (tertiary/aromatic N) is 3. The summed E-state index contributed by atoms with van der Waals surface area (Å²) in [4.78, 5) is 21.3. The van der Waals surface area contributed by atoms with E-state index in [9.17, 15) is 4.79 Å². The van der Waals surface area contributed by atoms with Crippen molar-refractivity contribution < 1.29 is 9.53 Å². The number of nitrogens with one attached hydrogen (secondary N) is 1. The van der Waals surface area contributed by atoms with E-state index in [0.717, 1.165) is 30.8 Å². The van der Waals surface area contributed by atoms with Crippen LogP contribution in [-0.4, -0.2) is 37.3 Å². The minimum Gasteiger partial charge on any atom is -0.488 e. The zero-order valence-electron chi connectivity index (χ0n) is 18.0. The van der Waals surface area contributed by atoms with E-state index in [4.69, 9.17) is 4.74 Å². The first-order valence-corrected chi connectivity index (χ1v) is 10.8. The molecule has 0 spiro atoms. The number of hydrogen-bond acceptors (Lipinski definition) is 4. The third-order valence-corrected chi connectivity index (χ3v) is 5.46. The van der Waals surface area contributed by atoms with Gasteiger partial charge in [0.1, 0.15) is 6.61 Å². The first-order chi connectivity index (χ1) is 15.2. The van der Waals surface area contributed by atoms with Gasteiger partial charge in [0.25, 0.3) is 0 Å². The Labute approximate surface area is 183 Å². The largest absolute Gasteiger partial charge is 0.488 e. The number of amides is 2. The average molecular weight is 417 g/mol. The van der Waals surface area contributed by atoms with E-state index in [1.54, 1.807) is 4.90 Å². The molecule has 0 unspecified atom stereocenters. The van der Waals surface area contributed by atoms with E-state index in [2.05, 4.69) is 53.3 Å². The Bertz CT molecular complexity index is 1020. The maximum Gasteiger partial charge on any atom is 0.327 e. The van der Waals surface area contributed by atoms with Gasteiger partial charge in [-0.3, -0.25) is 4.90 Å². The van der Waals surface area contributed by atoms with E-state index < -0.39 is 0 Å². The zero-order valence-corrected chi connectivity index (χ0v) is 18.0. The molecule has 1 aromatic heterocycles. The van der Waals surface area contributed by atoms with Crippen molar-refractivity contribution in [3.05, 3.63) is 78.0 Å². The highest BCUT2D eigenvalue weighted by Crippen LogP contribution is 2.31. The predicted molar refractivity (Wildman–Crippen MR) is 125 cm³/mol. The fourth-order valence-electron chi connectivity index (χ4n) is 3.80. The van der Waals surface area contributed by atoms with Crippen molar-refractivity contribution in [2.75, 3.05) is 41.4 Å². The summed E-state index contributed by atoms with van der Waals surface area (Å²) in [5.74, 6) is 1.20. The lowest BCUT2D eigenvalue weighted by atomic mass is 10.1. The molecule has 1 aliphatic heterocycles. The molecule has 2 heterocycles. The number of fused-ring (bicyclic) bond motifs is 1. The summed E-state index contributed by atoms with van der Waals surface area (Å²) in [6, 6.07) is 19.9. The second kappa shape index (κ2) is 9.51. The van der Waals surface area contributed by atoms with Gasteiger partial charge in [-0.1, -0.05) is 30.3 Å². The van der Waals surface area contributed by atoms with Crippen LogP contribution in [0.4, 0.5) is 22.0 Å². The average Bonchev–Trinajstić information content (AvgIpc) is 2.81. The van der Waals surface area contributed by atoms with Crippen molar-refractivity contribution in [2.24, 2.45) is 0 Å². The fraction of sp³-hybridized carbons (Fsp3) is 0.280. The molecular formula is C25H28N4O2. The van der Waals surface area contributed by atoms with Gasteiger partial charge < -0.3 is 15.0 Å². The van der Waals surface area contributed by atoms with Crippen LogP contribution in [0.15, 0.2) is 66.9 Å². The monoisotopic (exact) mass is 416 g/mol. The third-order valence-electron chi connectivity index (χ3n) is 5.46. The van der Waals surface area contributed by atoms with E-state index in [-0.39, 0.29) is 6.03 Å². The van der Waals surface area contributed by atoms with Gasteiger partial charge in [-0.25, -0.2) is 9.78 Å². The summed E-state index contributed by atoms with van der Waals surface area (Å²) in [6.07, 6.45) is 2.59. The van der Waals surface area contributed by atoms with Crippen LogP contribution in [-0.2, 0) is 6.42 Å². The minimum absolute atomic E-state index is 0.206. The summed E-state index contributed by atoms with van der Waals surface area (Å²) in [5, 5.41) is 2.92. The summed E-state index contributed by atoms with van der Waals surface area (Å²) in [6.45, 7) is 7.23. The lowest BCUT2D eigenvalue weighted by Gasteiger charge is -2.28. The summed E-state index contributed by atoms with van der Waals surface area (Å²) >= 11 is 0. The van der Waals surface area contributed by atoms with Crippen LogP contribution >= 0.6 is 0 Å². The maximum atomic E-state index is 12.8. The Morgan fingerprint density at radius 2 is 1.81 bits per heavy atom. The first-order valence-electron chi connectivity index (χ1n) is 10.8. The van der Waals surface area contributed by atoms with E-state index in [1.807, 2.05) is 42.6 Å². The number of para-hydroxylation sites is 1. The normalized spacial score (nSPS) is 12.6. The van der Waals surface area contributed by atoms with E-state index in [1.165, 1.54) is 11.3 Å². The number of urea groups is 1. The van der Waals surface area contributed by atoms with Crippen molar-refractivity contribution >= 4 is 23.2 Å². The van der Waals surface area contributed by atoms with Crippen molar-refractivity contribution in [1.82, 2.24) is 4.98 Å². The molecule has 0 bridgehead atoms. The molecule has 4 rings (SSSR count). The summed E-state index contributed by atoms with van der Waals surface area (Å²) in [5.41, 5.74) is 4.26. The highest BCUT2D eigenvalue weighted by atomic mass is 16.5.